The van der Waals surface area contributed by atoms with Crippen molar-refractivity contribution in [2.24, 2.45) is 11.3 Å². The van der Waals surface area contributed by atoms with Crippen molar-refractivity contribution in [3.63, 3.8) is 0 Å². The van der Waals surface area contributed by atoms with Gasteiger partial charge in [0.1, 0.15) is 12.1 Å². The van der Waals surface area contributed by atoms with Crippen LogP contribution >= 0.6 is 0 Å². The minimum atomic E-state index is -0.796. The predicted octanol–water partition coefficient (Wildman–Crippen LogP) is 1.97. The van der Waals surface area contributed by atoms with Crippen LogP contribution in [0.3, 0.4) is 0 Å². The fourth-order valence-corrected chi connectivity index (χ4v) is 6.46. The molecule has 2 aliphatic carbocycles. The van der Waals surface area contributed by atoms with Gasteiger partial charge in [-0.05, 0) is 48.8 Å². The van der Waals surface area contributed by atoms with E-state index in [0.717, 1.165) is 36.9 Å². The first-order valence-corrected chi connectivity index (χ1v) is 14.5. The lowest BCUT2D eigenvalue weighted by atomic mass is 9.85. The normalized spacial score (nSPS) is 27.8. The van der Waals surface area contributed by atoms with Gasteiger partial charge in [-0.3, -0.25) is 19.4 Å². The third kappa shape index (κ3) is 5.23. The molecule has 2 saturated heterocycles. The summed E-state index contributed by atoms with van der Waals surface area (Å²) >= 11 is 0. The smallest absolute Gasteiger partial charge is 0.248 e. The number of aliphatic hydroxyl groups excluding tert-OH is 1. The van der Waals surface area contributed by atoms with E-state index in [1.807, 2.05) is 44.0 Å². The topological polar surface area (TPSA) is 134 Å². The molecule has 4 fully saturated rings. The zero-order valence-electron chi connectivity index (χ0n) is 23.4. The molecule has 11 nitrogen and oxygen atoms in total. The maximum atomic E-state index is 14.0. The molecule has 11 heteroatoms. The van der Waals surface area contributed by atoms with Crippen molar-refractivity contribution in [2.75, 3.05) is 13.1 Å². The highest BCUT2D eigenvalue weighted by Crippen LogP contribution is 2.45. The van der Waals surface area contributed by atoms with E-state index in [1.54, 1.807) is 17.1 Å². The van der Waals surface area contributed by atoms with E-state index >= 15 is 0 Å². The number of aliphatic hydroxyl groups is 1. The van der Waals surface area contributed by atoms with Gasteiger partial charge >= 0.3 is 0 Å². The maximum absolute atomic E-state index is 14.0. The van der Waals surface area contributed by atoms with E-state index in [4.69, 9.17) is 0 Å². The van der Waals surface area contributed by atoms with Gasteiger partial charge in [0.2, 0.25) is 17.7 Å². The fraction of sp³-hybridized carbons (Fsp3) is 0.655. The maximum Gasteiger partial charge on any atom is 0.248 e. The first kappa shape index (κ1) is 26.9. The highest BCUT2D eigenvalue weighted by Gasteiger charge is 2.48. The number of carbonyl (C=O) groups is 3. The van der Waals surface area contributed by atoms with Crippen LogP contribution in [-0.2, 0) is 14.4 Å². The van der Waals surface area contributed by atoms with Crippen molar-refractivity contribution in [1.82, 2.24) is 35.1 Å². The lowest BCUT2D eigenvalue weighted by Gasteiger charge is -2.34. The summed E-state index contributed by atoms with van der Waals surface area (Å²) in [6.45, 7) is 6.31. The quantitative estimate of drug-likeness (QED) is 0.514. The van der Waals surface area contributed by atoms with Crippen LogP contribution in [-0.4, -0.2) is 83.9 Å². The molecule has 2 saturated carbocycles. The van der Waals surface area contributed by atoms with Gasteiger partial charge in [0.15, 0.2) is 0 Å². The minimum Gasteiger partial charge on any atom is -0.391 e. The Morgan fingerprint density at radius 1 is 1.15 bits per heavy atom. The summed E-state index contributed by atoms with van der Waals surface area (Å²) in [5.41, 5.74) is 1.42. The van der Waals surface area contributed by atoms with Gasteiger partial charge in [-0.1, -0.05) is 26.0 Å². The monoisotopic (exact) mass is 549 g/mol. The number of pyridine rings is 1. The number of amides is 3. The Labute approximate surface area is 234 Å². The van der Waals surface area contributed by atoms with E-state index in [-0.39, 0.29) is 48.7 Å². The molecular weight excluding hydrogens is 510 g/mol. The van der Waals surface area contributed by atoms with Crippen LogP contribution in [0.5, 0.6) is 0 Å². The molecule has 4 heterocycles. The van der Waals surface area contributed by atoms with E-state index in [2.05, 4.69) is 20.6 Å². The second-order valence-electron chi connectivity index (χ2n) is 13.0. The SMILES string of the molecule is CC(C)(C)[C@@H](C(=O)N1C[C@H](O)C[C@H]1C(=O)NC[C@@H]1CC(=O)N(C2CC2)[C@H]1c1ccncc1)n1cc(C2CC2)nn1. The largest absolute Gasteiger partial charge is 0.391 e. The van der Waals surface area contributed by atoms with E-state index in [1.165, 1.54) is 4.90 Å². The zero-order valence-corrected chi connectivity index (χ0v) is 23.4. The van der Waals surface area contributed by atoms with Crippen molar-refractivity contribution in [3.8, 4) is 0 Å². The van der Waals surface area contributed by atoms with Crippen molar-refractivity contribution < 1.29 is 19.5 Å². The number of β-amino-alcohol motifs (C(OH)–C–C–N with tert-alkyl or cyclic N) is 1. The summed E-state index contributed by atoms with van der Waals surface area (Å²) in [6.07, 6.45) is 9.24. The van der Waals surface area contributed by atoms with Crippen LogP contribution in [0, 0.1) is 11.3 Å². The summed E-state index contributed by atoms with van der Waals surface area (Å²) in [5, 5.41) is 22.2. The molecule has 0 spiro atoms. The molecule has 214 valence electrons. The van der Waals surface area contributed by atoms with E-state index < -0.39 is 23.6 Å². The first-order chi connectivity index (χ1) is 19.1. The highest BCUT2D eigenvalue weighted by molar-refractivity contribution is 5.90. The number of hydrogen-bond donors (Lipinski definition) is 2. The Balaban J connectivity index is 1.18. The number of likely N-dealkylation sites (tertiary alicyclic amines) is 2. The van der Waals surface area contributed by atoms with E-state index in [0.29, 0.717) is 18.9 Å². The third-order valence-electron chi connectivity index (χ3n) is 8.70. The number of nitrogens with zero attached hydrogens (tertiary/aromatic N) is 6. The van der Waals surface area contributed by atoms with Gasteiger partial charge in [0, 0.05) is 62.4 Å². The number of nitrogens with one attached hydrogen (secondary N) is 1. The van der Waals surface area contributed by atoms with Crippen LogP contribution in [0.2, 0.25) is 0 Å². The fourth-order valence-electron chi connectivity index (χ4n) is 6.46. The van der Waals surface area contributed by atoms with Crippen molar-refractivity contribution >= 4 is 17.7 Å². The number of carbonyl (C=O) groups excluding carboxylic acids is 3. The number of aromatic nitrogens is 4. The van der Waals surface area contributed by atoms with Crippen LogP contribution in [0.15, 0.2) is 30.7 Å². The molecule has 6 rings (SSSR count). The van der Waals surface area contributed by atoms with Crippen molar-refractivity contribution in [2.45, 2.75) is 95.5 Å². The highest BCUT2D eigenvalue weighted by atomic mass is 16.3. The average Bonchev–Trinajstić information content (AvgIpc) is 3.83. The van der Waals surface area contributed by atoms with Crippen LogP contribution < -0.4 is 5.32 Å². The van der Waals surface area contributed by atoms with Crippen molar-refractivity contribution in [3.05, 3.63) is 42.0 Å². The molecule has 40 heavy (non-hydrogen) atoms. The van der Waals surface area contributed by atoms with Crippen molar-refractivity contribution in [1.29, 1.82) is 0 Å². The second-order valence-corrected chi connectivity index (χ2v) is 13.0. The Bertz CT molecular complexity index is 1270. The standard InChI is InChI=1S/C29H39N7O4/c1-29(2,3)26(35-16-22(32-33-35)17-4-5-17)28(40)34-15-21(37)13-23(34)27(39)31-14-19-12-24(38)36(20-6-7-20)25(19)18-8-10-30-11-9-18/h8-11,16-17,19-21,23,25-26,37H,4-7,12-15H2,1-3H3,(H,31,39)/t19-,21+,23-,25-,26+/m0/s1. The first-order valence-electron chi connectivity index (χ1n) is 14.5. The molecule has 2 N–H and O–H groups in total. The summed E-state index contributed by atoms with van der Waals surface area (Å²) in [5.74, 6) is -0.120. The summed E-state index contributed by atoms with van der Waals surface area (Å²) in [6, 6.07) is 2.56. The average molecular weight is 550 g/mol. The zero-order chi connectivity index (χ0) is 28.2. The lowest BCUT2D eigenvalue weighted by Crippen LogP contribution is -2.51. The molecular formula is C29H39N7O4. The van der Waals surface area contributed by atoms with Crippen LogP contribution in [0.1, 0.15) is 88.6 Å². The summed E-state index contributed by atoms with van der Waals surface area (Å²) < 4.78 is 1.63. The minimum absolute atomic E-state index is 0.0880. The number of hydrogen-bond acceptors (Lipinski definition) is 7. The Morgan fingerprint density at radius 3 is 2.52 bits per heavy atom. The molecule has 2 aromatic heterocycles. The van der Waals surface area contributed by atoms with E-state index in [9.17, 15) is 19.5 Å². The molecule has 0 radical (unpaired) electrons. The third-order valence-corrected chi connectivity index (χ3v) is 8.70. The van der Waals surface area contributed by atoms with Gasteiger partial charge in [-0.25, -0.2) is 4.68 Å². The Kier molecular flexibility index (Phi) is 6.88. The molecule has 2 aromatic rings. The number of rotatable bonds is 8. The molecule has 0 bridgehead atoms. The molecule has 5 atom stereocenters. The Morgan fingerprint density at radius 2 is 1.88 bits per heavy atom. The predicted molar refractivity (Wildman–Crippen MR) is 145 cm³/mol. The van der Waals surface area contributed by atoms with Gasteiger partial charge in [-0.15, -0.1) is 5.10 Å². The lowest BCUT2D eigenvalue weighted by molar-refractivity contribution is -0.144. The summed E-state index contributed by atoms with van der Waals surface area (Å²) in [7, 11) is 0. The second kappa shape index (κ2) is 10.2. The summed E-state index contributed by atoms with van der Waals surface area (Å²) in [4.78, 5) is 48.2. The van der Waals surface area contributed by atoms with Gasteiger partial charge in [0.05, 0.1) is 17.8 Å². The van der Waals surface area contributed by atoms with Gasteiger partial charge in [0.25, 0.3) is 0 Å². The molecule has 0 aromatic carbocycles. The van der Waals surface area contributed by atoms with Crippen LogP contribution in [0.25, 0.3) is 0 Å². The molecule has 4 aliphatic rings. The van der Waals surface area contributed by atoms with Gasteiger partial charge < -0.3 is 20.2 Å². The Hall–Kier alpha value is -3.34. The molecule has 3 amide bonds. The molecule has 0 unspecified atom stereocenters. The van der Waals surface area contributed by atoms with Crippen LogP contribution in [0.4, 0.5) is 0 Å². The molecule has 2 aliphatic heterocycles. The van der Waals surface area contributed by atoms with Gasteiger partial charge in [-0.2, -0.15) is 0 Å².